The van der Waals surface area contributed by atoms with Crippen molar-refractivity contribution in [1.82, 2.24) is 19.9 Å². The number of nitrogens with zero attached hydrogens (tertiary/aromatic N) is 2. The van der Waals surface area contributed by atoms with Gasteiger partial charge in [-0.25, -0.2) is 14.8 Å². The predicted octanol–water partition coefficient (Wildman–Crippen LogP) is 18.2. The number of rotatable bonds is 5. The Bertz CT molecular complexity index is 3390. The first-order valence-electron chi connectivity index (χ1n) is 26.6. The van der Waals surface area contributed by atoms with E-state index in [4.69, 9.17) is 14.7 Å². The molecule has 0 radical (unpaired) electrons. The van der Waals surface area contributed by atoms with Gasteiger partial charge in [-0.1, -0.05) is 197 Å². The summed E-state index contributed by atoms with van der Waals surface area (Å²) in [6.07, 6.45) is 14.6. The lowest BCUT2D eigenvalue weighted by molar-refractivity contribution is -0.130. The van der Waals surface area contributed by atoms with Gasteiger partial charge in [-0.3, -0.25) is 0 Å². The number of esters is 1. The molecule has 3 aromatic carbocycles. The summed E-state index contributed by atoms with van der Waals surface area (Å²) >= 11 is 0. The van der Waals surface area contributed by atoms with Crippen LogP contribution in [0.15, 0.2) is 103 Å². The number of carbonyl (C=O) groups excluding carboxylic acids is 1. The van der Waals surface area contributed by atoms with Gasteiger partial charge in [-0.05, 0) is 138 Å². The number of carbonyl (C=O) groups is 1. The van der Waals surface area contributed by atoms with Crippen LogP contribution >= 0.6 is 0 Å². The molecule has 0 fully saturated rings. The molecule has 74 heavy (non-hydrogen) atoms. The third kappa shape index (κ3) is 10.5. The zero-order chi connectivity index (χ0) is 53.7. The van der Waals surface area contributed by atoms with Crippen LogP contribution in [0.5, 0.6) is 5.75 Å². The van der Waals surface area contributed by atoms with Crippen molar-refractivity contribution in [1.29, 1.82) is 0 Å². The van der Waals surface area contributed by atoms with Gasteiger partial charge in [0.15, 0.2) is 5.75 Å². The summed E-state index contributed by atoms with van der Waals surface area (Å²) < 4.78 is 6.53. The minimum Gasteiger partial charge on any atom is -0.419 e. The van der Waals surface area contributed by atoms with E-state index in [9.17, 15) is 4.79 Å². The Labute approximate surface area is 441 Å². The van der Waals surface area contributed by atoms with Crippen molar-refractivity contribution in [2.45, 2.75) is 164 Å². The van der Waals surface area contributed by atoms with Crippen LogP contribution in [0, 0.1) is 0 Å². The molecule has 382 valence electrons. The monoisotopic (exact) mass is 983 g/mol. The van der Waals surface area contributed by atoms with Gasteiger partial charge in [-0.15, -0.1) is 0 Å². The molecule has 0 saturated heterocycles. The first-order chi connectivity index (χ1) is 34.3. The molecule has 0 atom stereocenters. The molecule has 0 saturated carbocycles. The summed E-state index contributed by atoms with van der Waals surface area (Å²) in [7, 11) is 0. The maximum Gasteiger partial charge on any atom is 0.339 e. The lowest BCUT2D eigenvalue weighted by Crippen LogP contribution is -2.16. The van der Waals surface area contributed by atoms with Crippen LogP contribution in [-0.2, 0) is 37.3 Å². The number of H-pyrrole nitrogens is 2. The highest BCUT2D eigenvalue weighted by Gasteiger charge is 2.28. The molecule has 6 nitrogen and oxygen atoms in total. The average Bonchev–Trinajstić information content (AvgIpc) is 4.16. The number of allylic oxidation sites excluding steroid dienone is 3. The van der Waals surface area contributed by atoms with E-state index in [1.165, 1.54) is 33.4 Å². The quantitative estimate of drug-likeness (QED) is 0.168. The molecule has 3 aromatic heterocycles. The van der Waals surface area contributed by atoms with Gasteiger partial charge in [0.05, 0.1) is 22.6 Å². The normalized spacial score (nSPS) is 14.3. The number of fused-ring (bicyclic) bond motifs is 8. The Balaban J connectivity index is 1.50. The first kappa shape index (κ1) is 52.1. The van der Waals surface area contributed by atoms with Gasteiger partial charge >= 0.3 is 5.97 Å². The van der Waals surface area contributed by atoms with Crippen molar-refractivity contribution >= 4 is 52.3 Å². The van der Waals surface area contributed by atoms with Crippen LogP contribution in [-0.4, -0.2) is 25.9 Å². The third-order valence-electron chi connectivity index (χ3n) is 14.8. The lowest BCUT2D eigenvalue weighted by atomic mass is 9.78. The van der Waals surface area contributed by atoms with Crippen molar-refractivity contribution in [3.8, 4) is 39.1 Å². The first-order valence-corrected chi connectivity index (χ1v) is 26.6. The van der Waals surface area contributed by atoms with Crippen molar-refractivity contribution in [3.05, 3.63) is 159 Å². The molecule has 2 aliphatic heterocycles. The SMILES string of the molecule is CC(C)(C)c1cc(-c2c3nc(c(-c4cc(C(C)(C)C)cc(C(C)(C)C)c4)c4ccc([nH]4)c(-c4cc(C(C)(C)C)cc(C(C)(C)C)c4)c4nc(c(OC(=O)C5=CC=CC5)c5ccc2[nH]5)C=C4)C=C3)cc(C(C)(C)C)c1. The summed E-state index contributed by atoms with van der Waals surface area (Å²) in [5.74, 6) is -0.0467. The minimum absolute atomic E-state index is 0.116. The van der Waals surface area contributed by atoms with Crippen LogP contribution in [0.3, 0.4) is 0 Å². The Morgan fingerprint density at radius 2 is 0.716 bits per heavy atom. The van der Waals surface area contributed by atoms with E-state index in [1.807, 2.05) is 30.4 Å². The molecular formula is C68H78N4O2. The zero-order valence-corrected chi connectivity index (χ0v) is 47.5. The number of hydrogen-bond acceptors (Lipinski definition) is 4. The molecule has 9 rings (SSSR count). The van der Waals surface area contributed by atoms with Crippen LogP contribution in [0.1, 0.15) is 187 Å². The van der Waals surface area contributed by atoms with Crippen LogP contribution in [0.2, 0.25) is 0 Å². The van der Waals surface area contributed by atoms with E-state index in [0.717, 1.165) is 67.0 Å². The Kier molecular flexibility index (Phi) is 12.8. The Morgan fingerprint density at radius 3 is 1.03 bits per heavy atom. The molecule has 6 aromatic rings. The van der Waals surface area contributed by atoms with E-state index in [1.54, 1.807) is 0 Å². The fourth-order valence-corrected chi connectivity index (χ4v) is 9.87. The topological polar surface area (TPSA) is 83.7 Å². The van der Waals surface area contributed by atoms with Gasteiger partial charge in [0.2, 0.25) is 0 Å². The molecule has 3 aliphatic rings. The van der Waals surface area contributed by atoms with Crippen LogP contribution in [0.25, 0.3) is 79.8 Å². The maximum absolute atomic E-state index is 14.1. The summed E-state index contributed by atoms with van der Waals surface area (Å²) in [6.45, 7) is 41.1. The summed E-state index contributed by atoms with van der Waals surface area (Å²) in [5, 5.41) is 0. The molecule has 2 N–H and O–H groups in total. The molecule has 6 heteroatoms. The second-order valence-corrected chi connectivity index (χ2v) is 27.1. The number of ether oxygens (including phenoxy) is 1. The highest BCUT2D eigenvalue weighted by atomic mass is 16.5. The highest BCUT2D eigenvalue weighted by molar-refractivity contribution is 5.99. The number of benzene rings is 3. The standard InChI is InChI=1S/C68H78N4O2/c1-63(2,3)44-31-41(32-45(37-44)64(4,5)6)58-50-23-25-52(69-50)59(42-33-46(65(7,8)9)38-47(34-42)66(10,11)12)54-27-29-56(71-54)61(74-62(73)40-21-19-20-22-40)57-30-28-55(72-57)60(53-26-24-51(58)70-53)43-35-48(67(13,14)15)39-49(36-43)68(16,17)18/h19-21,23-39,69,72H,22H2,1-18H3. The molecule has 0 amide bonds. The second-order valence-electron chi connectivity index (χ2n) is 27.1. The fourth-order valence-electron chi connectivity index (χ4n) is 9.87. The number of aromatic nitrogens is 4. The number of aromatic amines is 2. The van der Waals surface area contributed by atoms with Gasteiger partial charge in [0, 0.05) is 38.8 Å². The Hall–Kier alpha value is -6.79. The van der Waals surface area contributed by atoms with Crippen molar-refractivity contribution < 1.29 is 9.53 Å². The second kappa shape index (κ2) is 18.2. The zero-order valence-electron chi connectivity index (χ0n) is 47.5. The Morgan fingerprint density at radius 1 is 0.419 bits per heavy atom. The van der Waals surface area contributed by atoms with Gasteiger partial charge < -0.3 is 14.7 Å². The molecule has 1 aliphatic carbocycles. The number of nitrogens with one attached hydrogen (secondary N) is 2. The van der Waals surface area contributed by atoms with Gasteiger partial charge in [0.25, 0.3) is 0 Å². The van der Waals surface area contributed by atoms with Crippen molar-refractivity contribution in [3.63, 3.8) is 0 Å². The summed E-state index contributed by atoms with van der Waals surface area (Å²) in [4.78, 5) is 33.2. The van der Waals surface area contributed by atoms with E-state index in [0.29, 0.717) is 29.0 Å². The largest absolute Gasteiger partial charge is 0.419 e. The fraction of sp³-hybridized carbons (Fsp3) is 0.368. The van der Waals surface area contributed by atoms with E-state index < -0.39 is 5.97 Å². The van der Waals surface area contributed by atoms with Gasteiger partial charge in [-0.2, -0.15) is 0 Å². The summed E-state index contributed by atoms with van der Waals surface area (Å²) in [5.41, 5.74) is 19.8. The average molecular weight is 983 g/mol. The van der Waals surface area contributed by atoms with Crippen molar-refractivity contribution in [2.24, 2.45) is 0 Å². The van der Waals surface area contributed by atoms with Crippen LogP contribution < -0.4 is 4.74 Å². The smallest absolute Gasteiger partial charge is 0.339 e. The lowest BCUT2D eigenvalue weighted by Gasteiger charge is -2.26. The number of hydrogen-bond donors (Lipinski definition) is 2. The predicted molar refractivity (Wildman–Crippen MR) is 315 cm³/mol. The molecular weight excluding hydrogens is 905 g/mol. The van der Waals surface area contributed by atoms with E-state index in [2.05, 4.69) is 226 Å². The van der Waals surface area contributed by atoms with E-state index in [-0.39, 0.29) is 32.5 Å². The molecule has 0 unspecified atom stereocenters. The van der Waals surface area contributed by atoms with E-state index >= 15 is 0 Å². The third-order valence-corrected chi connectivity index (χ3v) is 14.8. The summed E-state index contributed by atoms with van der Waals surface area (Å²) in [6, 6.07) is 29.7. The molecule has 8 bridgehead atoms. The highest BCUT2D eigenvalue weighted by Crippen LogP contribution is 2.44. The maximum atomic E-state index is 14.1. The van der Waals surface area contributed by atoms with Crippen molar-refractivity contribution in [2.75, 3.05) is 0 Å². The molecule has 0 spiro atoms. The van der Waals surface area contributed by atoms with Gasteiger partial charge in [0.1, 0.15) is 5.69 Å². The minimum atomic E-state index is -0.404. The van der Waals surface area contributed by atoms with Crippen LogP contribution in [0.4, 0.5) is 0 Å². The molecule has 5 heterocycles.